The van der Waals surface area contributed by atoms with Crippen molar-refractivity contribution in [1.82, 2.24) is 5.32 Å². The van der Waals surface area contributed by atoms with Crippen molar-refractivity contribution in [3.05, 3.63) is 0 Å². The number of hydrogen-bond acceptors (Lipinski definition) is 2. The van der Waals surface area contributed by atoms with E-state index in [9.17, 15) is 0 Å². The molecule has 2 saturated carbocycles. The molecule has 0 aromatic rings. The van der Waals surface area contributed by atoms with Gasteiger partial charge in [0, 0.05) is 13.1 Å². The molecule has 1 unspecified atom stereocenters. The van der Waals surface area contributed by atoms with Gasteiger partial charge >= 0.3 is 0 Å². The van der Waals surface area contributed by atoms with Crippen LogP contribution >= 0.6 is 0 Å². The Labute approximate surface area is 105 Å². The molecule has 3 fully saturated rings. The molecule has 0 amide bonds. The van der Waals surface area contributed by atoms with Crippen LogP contribution in [-0.2, 0) is 4.74 Å². The standard InChI is InChI=1S/C15H27NO/c1-2-14(9-10-14)12-16-11-13-5-8-15(17-13)6-3-4-7-15/h13,16H,2-12H2,1H3. The first-order valence-electron chi connectivity index (χ1n) is 7.65. The van der Waals surface area contributed by atoms with Crippen LogP contribution in [0.5, 0.6) is 0 Å². The summed E-state index contributed by atoms with van der Waals surface area (Å²) in [5.74, 6) is 0. The van der Waals surface area contributed by atoms with Crippen LogP contribution < -0.4 is 5.32 Å². The molecule has 17 heavy (non-hydrogen) atoms. The Bertz CT molecular complexity index is 266. The van der Waals surface area contributed by atoms with Crippen molar-refractivity contribution >= 4 is 0 Å². The van der Waals surface area contributed by atoms with E-state index < -0.39 is 0 Å². The van der Waals surface area contributed by atoms with Gasteiger partial charge in [0.25, 0.3) is 0 Å². The predicted molar refractivity (Wildman–Crippen MR) is 70.1 cm³/mol. The summed E-state index contributed by atoms with van der Waals surface area (Å²) in [4.78, 5) is 0. The molecule has 0 aromatic heterocycles. The minimum absolute atomic E-state index is 0.314. The first-order chi connectivity index (χ1) is 8.26. The van der Waals surface area contributed by atoms with Crippen molar-refractivity contribution < 1.29 is 4.74 Å². The largest absolute Gasteiger partial charge is 0.370 e. The zero-order valence-corrected chi connectivity index (χ0v) is 11.3. The zero-order chi connectivity index (χ0) is 11.8. The van der Waals surface area contributed by atoms with Gasteiger partial charge in [-0.15, -0.1) is 0 Å². The zero-order valence-electron chi connectivity index (χ0n) is 11.3. The van der Waals surface area contributed by atoms with Crippen LogP contribution in [0.4, 0.5) is 0 Å². The number of ether oxygens (including phenoxy) is 1. The average molecular weight is 237 g/mol. The van der Waals surface area contributed by atoms with Crippen molar-refractivity contribution in [3.63, 3.8) is 0 Å². The van der Waals surface area contributed by atoms with E-state index >= 15 is 0 Å². The lowest BCUT2D eigenvalue weighted by molar-refractivity contribution is -0.0353. The van der Waals surface area contributed by atoms with E-state index in [0.717, 1.165) is 6.54 Å². The van der Waals surface area contributed by atoms with Crippen LogP contribution in [0.25, 0.3) is 0 Å². The fourth-order valence-electron chi connectivity index (χ4n) is 3.76. The summed E-state index contributed by atoms with van der Waals surface area (Å²) in [6.45, 7) is 4.63. The molecule has 0 bridgehead atoms. The molecule has 1 heterocycles. The SMILES string of the molecule is CCC1(CNCC2CCC3(CCCC3)O2)CC1. The molecule has 1 aliphatic heterocycles. The molecule has 2 nitrogen and oxygen atoms in total. The lowest BCUT2D eigenvalue weighted by Crippen LogP contribution is -2.33. The van der Waals surface area contributed by atoms with E-state index in [-0.39, 0.29) is 0 Å². The van der Waals surface area contributed by atoms with E-state index in [1.165, 1.54) is 64.3 Å². The van der Waals surface area contributed by atoms with Crippen LogP contribution in [0.2, 0.25) is 0 Å². The monoisotopic (exact) mass is 237 g/mol. The first-order valence-corrected chi connectivity index (χ1v) is 7.65. The van der Waals surface area contributed by atoms with Crippen LogP contribution in [0.15, 0.2) is 0 Å². The molecule has 0 aromatic carbocycles. The molecule has 1 N–H and O–H groups in total. The highest BCUT2D eigenvalue weighted by Gasteiger charge is 2.43. The summed E-state index contributed by atoms with van der Waals surface area (Å²) in [5, 5.41) is 3.66. The fraction of sp³-hybridized carbons (Fsp3) is 1.00. The summed E-state index contributed by atoms with van der Waals surface area (Å²) < 4.78 is 6.32. The summed E-state index contributed by atoms with van der Waals surface area (Å²) >= 11 is 0. The number of nitrogens with one attached hydrogen (secondary N) is 1. The quantitative estimate of drug-likeness (QED) is 0.792. The van der Waals surface area contributed by atoms with E-state index in [1.807, 2.05) is 0 Å². The van der Waals surface area contributed by atoms with E-state index in [4.69, 9.17) is 4.74 Å². The van der Waals surface area contributed by atoms with Crippen LogP contribution in [0.1, 0.15) is 64.7 Å². The third-order valence-electron chi connectivity index (χ3n) is 5.43. The lowest BCUT2D eigenvalue weighted by atomic mass is 9.98. The molecule has 3 rings (SSSR count). The first kappa shape index (κ1) is 12.0. The van der Waals surface area contributed by atoms with Crippen molar-refractivity contribution in [2.45, 2.75) is 76.4 Å². The Kier molecular flexibility index (Phi) is 3.20. The molecule has 2 heteroatoms. The van der Waals surface area contributed by atoms with Gasteiger partial charge in [0.15, 0.2) is 0 Å². The van der Waals surface area contributed by atoms with Gasteiger partial charge in [0.2, 0.25) is 0 Å². The molecule has 1 atom stereocenters. The normalized spacial score (nSPS) is 33.4. The highest BCUT2D eigenvalue weighted by molar-refractivity contribution is 4.95. The smallest absolute Gasteiger partial charge is 0.0708 e. The van der Waals surface area contributed by atoms with Crippen molar-refractivity contribution in [1.29, 1.82) is 0 Å². The maximum atomic E-state index is 6.32. The molecule has 2 aliphatic carbocycles. The molecular formula is C15H27NO. The summed E-state index contributed by atoms with van der Waals surface area (Å²) in [7, 11) is 0. The molecule has 1 spiro atoms. The van der Waals surface area contributed by atoms with Crippen LogP contribution in [-0.4, -0.2) is 24.8 Å². The van der Waals surface area contributed by atoms with Gasteiger partial charge in [0.05, 0.1) is 11.7 Å². The minimum Gasteiger partial charge on any atom is -0.370 e. The van der Waals surface area contributed by atoms with Crippen molar-refractivity contribution in [2.24, 2.45) is 5.41 Å². The fourth-order valence-corrected chi connectivity index (χ4v) is 3.76. The maximum Gasteiger partial charge on any atom is 0.0708 e. The van der Waals surface area contributed by atoms with Crippen molar-refractivity contribution in [2.75, 3.05) is 13.1 Å². The Morgan fingerprint density at radius 3 is 2.53 bits per heavy atom. The van der Waals surface area contributed by atoms with Gasteiger partial charge < -0.3 is 10.1 Å². The maximum absolute atomic E-state index is 6.32. The Morgan fingerprint density at radius 1 is 1.12 bits per heavy atom. The topological polar surface area (TPSA) is 21.3 Å². The Morgan fingerprint density at radius 2 is 1.88 bits per heavy atom. The summed E-state index contributed by atoms with van der Waals surface area (Å²) in [6, 6.07) is 0. The minimum atomic E-state index is 0.314. The summed E-state index contributed by atoms with van der Waals surface area (Å²) in [5.41, 5.74) is 0.984. The van der Waals surface area contributed by atoms with Crippen LogP contribution in [0.3, 0.4) is 0 Å². The number of rotatable bonds is 5. The second-order valence-corrected chi connectivity index (χ2v) is 6.65. The van der Waals surface area contributed by atoms with Gasteiger partial charge in [0.1, 0.15) is 0 Å². The molecular weight excluding hydrogens is 210 g/mol. The molecule has 3 aliphatic rings. The third kappa shape index (κ3) is 2.53. The molecule has 98 valence electrons. The Hall–Kier alpha value is -0.0800. The van der Waals surface area contributed by atoms with Gasteiger partial charge in [-0.25, -0.2) is 0 Å². The second-order valence-electron chi connectivity index (χ2n) is 6.65. The van der Waals surface area contributed by atoms with Gasteiger partial charge in [-0.1, -0.05) is 19.8 Å². The average Bonchev–Trinajstić information content (AvgIpc) is 2.81. The predicted octanol–water partition coefficient (Wildman–Crippen LogP) is 3.26. The highest BCUT2D eigenvalue weighted by Crippen LogP contribution is 2.48. The van der Waals surface area contributed by atoms with Gasteiger partial charge in [-0.05, 0) is 50.4 Å². The van der Waals surface area contributed by atoms with E-state index in [1.54, 1.807) is 0 Å². The van der Waals surface area contributed by atoms with Crippen LogP contribution in [0, 0.1) is 5.41 Å². The Balaban J connectivity index is 1.39. The third-order valence-corrected chi connectivity index (χ3v) is 5.43. The highest BCUT2D eigenvalue weighted by atomic mass is 16.5. The number of hydrogen-bond donors (Lipinski definition) is 1. The van der Waals surface area contributed by atoms with Crippen molar-refractivity contribution in [3.8, 4) is 0 Å². The summed E-state index contributed by atoms with van der Waals surface area (Å²) in [6.07, 6.45) is 12.7. The second kappa shape index (κ2) is 4.55. The van der Waals surface area contributed by atoms with Gasteiger partial charge in [-0.2, -0.15) is 0 Å². The molecule has 0 radical (unpaired) electrons. The van der Waals surface area contributed by atoms with E-state index in [2.05, 4.69) is 12.2 Å². The molecule has 1 saturated heterocycles. The lowest BCUT2D eigenvalue weighted by Gasteiger charge is -2.24. The van der Waals surface area contributed by atoms with Gasteiger partial charge in [-0.3, -0.25) is 0 Å². The van der Waals surface area contributed by atoms with E-state index in [0.29, 0.717) is 17.1 Å².